The Morgan fingerprint density at radius 1 is 0.946 bits per heavy atom. The summed E-state index contributed by atoms with van der Waals surface area (Å²) in [6.45, 7) is 18.4. The predicted molar refractivity (Wildman–Crippen MR) is 154 cm³/mol. The number of hydrogen-bond acceptors (Lipinski definition) is 8. The Balaban J connectivity index is 1.60. The standard InChI is InChI=1S/C29H44N8/c1-23(21-31)35-28(20-26-10-5-4-6-11-26)24(2)34-22-27(12-7-8-13-30)25(3)36-16-18-37(19-17-36)29-32-14-9-15-33-29/h4-6,9-11,14-15,27-28,34-35H,1-3,7-8,12-13,16-22,30-31H2. The van der Waals surface area contributed by atoms with Gasteiger partial charge in [0.25, 0.3) is 0 Å². The molecular formula is C29H44N8. The maximum atomic E-state index is 5.82. The molecule has 0 aliphatic carbocycles. The van der Waals surface area contributed by atoms with E-state index in [-0.39, 0.29) is 12.0 Å². The highest BCUT2D eigenvalue weighted by Gasteiger charge is 2.24. The molecule has 200 valence electrons. The third-order valence-corrected chi connectivity index (χ3v) is 6.90. The normalized spacial score (nSPS) is 15.1. The first kappa shape index (κ1) is 28.2. The highest BCUT2D eigenvalue weighted by molar-refractivity contribution is 5.29. The summed E-state index contributed by atoms with van der Waals surface area (Å²) in [5, 5.41) is 7.08. The summed E-state index contributed by atoms with van der Waals surface area (Å²) in [4.78, 5) is 13.4. The summed E-state index contributed by atoms with van der Waals surface area (Å²) >= 11 is 0. The average molecular weight is 505 g/mol. The van der Waals surface area contributed by atoms with Crippen LogP contribution in [0.2, 0.25) is 0 Å². The number of nitrogens with two attached hydrogens (primary N) is 2. The molecule has 1 aromatic carbocycles. The number of rotatable bonds is 16. The molecule has 2 unspecified atom stereocenters. The van der Waals surface area contributed by atoms with Crippen molar-refractivity contribution < 1.29 is 0 Å². The lowest BCUT2D eigenvalue weighted by atomic mass is 9.96. The second kappa shape index (κ2) is 15.0. The van der Waals surface area contributed by atoms with Crippen LogP contribution in [0.25, 0.3) is 0 Å². The summed E-state index contributed by atoms with van der Waals surface area (Å²) in [5.74, 6) is 1.08. The van der Waals surface area contributed by atoms with E-state index in [1.165, 1.54) is 11.3 Å². The van der Waals surface area contributed by atoms with Gasteiger partial charge in [0.05, 0.1) is 6.04 Å². The van der Waals surface area contributed by atoms with E-state index in [0.717, 1.165) is 75.7 Å². The molecule has 8 heteroatoms. The molecule has 0 saturated carbocycles. The average Bonchev–Trinajstić information content (AvgIpc) is 2.95. The van der Waals surface area contributed by atoms with Crippen LogP contribution in [0.15, 0.2) is 85.6 Å². The molecule has 8 nitrogen and oxygen atoms in total. The first-order chi connectivity index (χ1) is 18.0. The minimum absolute atomic E-state index is 0.00850. The van der Waals surface area contributed by atoms with Crippen molar-refractivity contribution in [2.75, 3.05) is 50.7 Å². The van der Waals surface area contributed by atoms with Gasteiger partial charge >= 0.3 is 0 Å². The number of piperazine rings is 1. The topological polar surface area (TPSA) is 108 Å². The SMILES string of the molecule is C=C(CN)NC(Cc1ccccc1)C(=C)NCC(CCCCN)C(=C)N1CCN(c2ncccn2)CC1. The van der Waals surface area contributed by atoms with Crippen molar-refractivity contribution in [3.63, 3.8) is 0 Å². The summed E-state index contributed by atoms with van der Waals surface area (Å²) in [6, 6.07) is 12.2. The molecule has 0 bridgehead atoms. The van der Waals surface area contributed by atoms with Crippen LogP contribution < -0.4 is 27.0 Å². The van der Waals surface area contributed by atoms with Crippen LogP contribution in [-0.4, -0.2) is 66.7 Å². The first-order valence-corrected chi connectivity index (χ1v) is 13.3. The van der Waals surface area contributed by atoms with Gasteiger partial charge in [-0.05, 0) is 37.4 Å². The lowest BCUT2D eigenvalue weighted by Gasteiger charge is -2.39. The van der Waals surface area contributed by atoms with Crippen LogP contribution in [0.3, 0.4) is 0 Å². The highest BCUT2D eigenvalue weighted by Crippen LogP contribution is 2.23. The molecule has 1 saturated heterocycles. The monoisotopic (exact) mass is 504 g/mol. The maximum Gasteiger partial charge on any atom is 0.225 e. The van der Waals surface area contributed by atoms with Crippen LogP contribution in [-0.2, 0) is 6.42 Å². The molecule has 1 aliphatic heterocycles. The fourth-order valence-corrected chi connectivity index (χ4v) is 4.62. The second-order valence-electron chi connectivity index (χ2n) is 9.60. The molecule has 0 radical (unpaired) electrons. The third kappa shape index (κ3) is 8.91. The van der Waals surface area contributed by atoms with Gasteiger partial charge in [-0.25, -0.2) is 9.97 Å². The van der Waals surface area contributed by atoms with E-state index in [0.29, 0.717) is 13.1 Å². The Kier molecular flexibility index (Phi) is 11.5. The third-order valence-electron chi connectivity index (χ3n) is 6.90. The summed E-state index contributed by atoms with van der Waals surface area (Å²) in [7, 11) is 0. The zero-order valence-corrected chi connectivity index (χ0v) is 22.1. The first-order valence-electron chi connectivity index (χ1n) is 13.3. The number of aromatic nitrogens is 2. The smallest absolute Gasteiger partial charge is 0.225 e. The van der Waals surface area contributed by atoms with E-state index in [1.54, 1.807) is 12.4 Å². The van der Waals surface area contributed by atoms with Crippen LogP contribution >= 0.6 is 0 Å². The largest absolute Gasteiger partial charge is 0.386 e. The van der Waals surface area contributed by atoms with Gasteiger partial charge in [-0.3, -0.25) is 0 Å². The zero-order chi connectivity index (χ0) is 26.5. The van der Waals surface area contributed by atoms with Crippen molar-refractivity contribution >= 4 is 5.95 Å². The van der Waals surface area contributed by atoms with Gasteiger partial charge < -0.3 is 31.9 Å². The molecule has 0 spiro atoms. The van der Waals surface area contributed by atoms with E-state index < -0.39 is 0 Å². The number of unbranched alkanes of at least 4 members (excludes halogenated alkanes) is 1. The number of nitrogens with zero attached hydrogens (tertiary/aromatic N) is 4. The fourth-order valence-electron chi connectivity index (χ4n) is 4.62. The molecule has 6 N–H and O–H groups in total. The number of nitrogens with one attached hydrogen (secondary N) is 2. The van der Waals surface area contributed by atoms with Gasteiger partial charge in [-0.1, -0.05) is 56.5 Å². The lowest BCUT2D eigenvalue weighted by Crippen LogP contribution is -2.48. The van der Waals surface area contributed by atoms with Gasteiger partial charge in [0.15, 0.2) is 0 Å². The Morgan fingerprint density at radius 2 is 1.65 bits per heavy atom. The molecule has 2 aromatic rings. The van der Waals surface area contributed by atoms with E-state index >= 15 is 0 Å². The number of benzene rings is 1. The molecule has 1 fully saturated rings. The Morgan fingerprint density at radius 3 is 2.30 bits per heavy atom. The van der Waals surface area contributed by atoms with Gasteiger partial charge in [0, 0.05) is 74.7 Å². The molecule has 2 heterocycles. The van der Waals surface area contributed by atoms with Crippen LogP contribution in [0.1, 0.15) is 24.8 Å². The lowest BCUT2D eigenvalue weighted by molar-refractivity contribution is 0.274. The summed E-state index contributed by atoms with van der Waals surface area (Å²) in [6.07, 6.45) is 7.50. The highest BCUT2D eigenvalue weighted by atomic mass is 15.3. The minimum atomic E-state index is -0.00850. The van der Waals surface area contributed by atoms with Crippen molar-refractivity contribution in [2.45, 2.75) is 31.7 Å². The van der Waals surface area contributed by atoms with Crippen LogP contribution in [0.4, 0.5) is 5.95 Å². The van der Waals surface area contributed by atoms with E-state index in [2.05, 4.69) is 74.4 Å². The molecular weight excluding hydrogens is 460 g/mol. The molecule has 3 rings (SSSR count). The van der Waals surface area contributed by atoms with E-state index in [4.69, 9.17) is 11.5 Å². The number of anilines is 1. The molecule has 2 atom stereocenters. The Labute approximate surface area is 222 Å². The van der Waals surface area contributed by atoms with Crippen molar-refractivity contribution in [1.29, 1.82) is 0 Å². The fraction of sp³-hybridized carbons (Fsp3) is 0.448. The van der Waals surface area contributed by atoms with Gasteiger partial charge in [0.2, 0.25) is 5.95 Å². The summed E-state index contributed by atoms with van der Waals surface area (Å²) < 4.78 is 0. The van der Waals surface area contributed by atoms with Crippen molar-refractivity contribution in [2.24, 2.45) is 17.4 Å². The van der Waals surface area contributed by atoms with Gasteiger partial charge in [-0.15, -0.1) is 0 Å². The maximum absolute atomic E-state index is 5.82. The van der Waals surface area contributed by atoms with Crippen molar-refractivity contribution in [1.82, 2.24) is 25.5 Å². The summed E-state index contributed by atoms with van der Waals surface area (Å²) in [5.41, 5.74) is 15.8. The second-order valence-corrected chi connectivity index (χ2v) is 9.60. The number of hydrogen-bond donors (Lipinski definition) is 4. The van der Waals surface area contributed by atoms with E-state index in [1.807, 2.05) is 12.1 Å². The van der Waals surface area contributed by atoms with Crippen molar-refractivity contribution in [3.05, 3.63) is 91.2 Å². The molecule has 0 amide bonds. The predicted octanol–water partition coefficient (Wildman–Crippen LogP) is 2.63. The molecule has 1 aliphatic rings. The Hall–Kier alpha value is -3.36. The molecule has 1 aromatic heterocycles. The van der Waals surface area contributed by atoms with Crippen LogP contribution in [0.5, 0.6) is 0 Å². The molecule has 37 heavy (non-hydrogen) atoms. The quantitative estimate of drug-likeness (QED) is 0.259. The van der Waals surface area contributed by atoms with Gasteiger partial charge in [-0.2, -0.15) is 0 Å². The van der Waals surface area contributed by atoms with Crippen molar-refractivity contribution in [3.8, 4) is 0 Å². The van der Waals surface area contributed by atoms with Gasteiger partial charge in [0.1, 0.15) is 0 Å². The minimum Gasteiger partial charge on any atom is -0.386 e. The zero-order valence-electron chi connectivity index (χ0n) is 22.1. The van der Waals surface area contributed by atoms with E-state index in [9.17, 15) is 0 Å². The van der Waals surface area contributed by atoms with Crippen LogP contribution in [0, 0.1) is 5.92 Å². The Bertz CT molecular complexity index is 970.